The summed E-state index contributed by atoms with van der Waals surface area (Å²) in [5, 5.41) is 2.95. The lowest BCUT2D eigenvalue weighted by molar-refractivity contribution is -0.135. The second-order valence-corrected chi connectivity index (χ2v) is 4.57. The summed E-state index contributed by atoms with van der Waals surface area (Å²) < 4.78 is 0. The maximum absolute atomic E-state index is 11.9. The molecule has 0 spiro atoms. The lowest BCUT2D eigenvalue weighted by Gasteiger charge is -2.39. The third-order valence-corrected chi connectivity index (χ3v) is 3.50. The molecular formula is C12H24N2O. The number of hydrogen-bond acceptors (Lipinski definition) is 2. The highest BCUT2D eigenvalue weighted by Crippen LogP contribution is 2.24. The molecule has 2 unspecified atom stereocenters. The Morgan fingerprint density at radius 3 is 2.87 bits per heavy atom. The molecule has 0 aromatic heterocycles. The SMILES string of the molecule is CCC(C)C1CCCCN1C(=O)CNC. The minimum Gasteiger partial charge on any atom is -0.338 e. The molecule has 2 atom stereocenters. The summed E-state index contributed by atoms with van der Waals surface area (Å²) in [6, 6.07) is 0.476. The van der Waals surface area contributed by atoms with Gasteiger partial charge in [-0.2, -0.15) is 0 Å². The van der Waals surface area contributed by atoms with Gasteiger partial charge in [0.15, 0.2) is 0 Å². The van der Waals surface area contributed by atoms with E-state index in [0.29, 0.717) is 18.5 Å². The van der Waals surface area contributed by atoms with E-state index in [2.05, 4.69) is 24.1 Å². The van der Waals surface area contributed by atoms with Gasteiger partial charge in [0, 0.05) is 12.6 Å². The molecule has 1 amide bonds. The average molecular weight is 212 g/mol. The van der Waals surface area contributed by atoms with Crippen LogP contribution in [0.1, 0.15) is 39.5 Å². The number of nitrogens with zero attached hydrogens (tertiary/aromatic N) is 1. The third-order valence-electron chi connectivity index (χ3n) is 3.50. The summed E-state index contributed by atoms with van der Waals surface area (Å²) in [7, 11) is 1.83. The van der Waals surface area contributed by atoms with E-state index in [1.165, 1.54) is 19.3 Å². The maximum Gasteiger partial charge on any atom is 0.236 e. The first-order valence-electron chi connectivity index (χ1n) is 6.14. The van der Waals surface area contributed by atoms with E-state index in [9.17, 15) is 4.79 Å². The van der Waals surface area contributed by atoms with Crippen molar-refractivity contribution in [3.05, 3.63) is 0 Å². The summed E-state index contributed by atoms with van der Waals surface area (Å²) in [4.78, 5) is 14.0. The first kappa shape index (κ1) is 12.5. The molecule has 88 valence electrons. The molecular weight excluding hydrogens is 188 g/mol. The zero-order valence-corrected chi connectivity index (χ0v) is 10.3. The van der Waals surface area contributed by atoms with Crippen molar-refractivity contribution in [2.75, 3.05) is 20.1 Å². The van der Waals surface area contributed by atoms with E-state index in [0.717, 1.165) is 13.0 Å². The van der Waals surface area contributed by atoms with Crippen molar-refractivity contribution >= 4 is 5.91 Å². The van der Waals surface area contributed by atoms with Crippen LogP contribution in [0.4, 0.5) is 0 Å². The predicted molar refractivity (Wildman–Crippen MR) is 62.7 cm³/mol. The number of amides is 1. The molecule has 1 aliphatic rings. The van der Waals surface area contributed by atoms with Crippen LogP contribution in [0.2, 0.25) is 0 Å². The van der Waals surface area contributed by atoms with Crippen LogP contribution in [-0.2, 0) is 4.79 Å². The predicted octanol–water partition coefficient (Wildman–Crippen LogP) is 1.63. The van der Waals surface area contributed by atoms with Crippen LogP contribution >= 0.6 is 0 Å². The number of nitrogens with one attached hydrogen (secondary N) is 1. The van der Waals surface area contributed by atoms with Crippen molar-refractivity contribution < 1.29 is 4.79 Å². The zero-order valence-electron chi connectivity index (χ0n) is 10.3. The fraction of sp³-hybridized carbons (Fsp3) is 0.917. The van der Waals surface area contributed by atoms with Gasteiger partial charge in [-0.3, -0.25) is 4.79 Å². The maximum atomic E-state index is 11.9. The molecule has 0 aromatic rings. The van der Waals surface area contributed by atoms with Crippen molar-refractivity contribution in [2.45, 2.75) is 45.6 Å². The van der Waals surface area contributed by atoms with Crippen LogP contribution in [0.15, 0.2) is 0 Å². The average Bonchev–Trinajstić information content (AvgIpc) is 2.28. The third kappa shape index (κ3) is 3.20. The second kappa shape index (κ2) is 6.11. The molecule has 1 heterocycles. The summed E-state index contributed by atoms with van der Waals surface area (Å²) in [6.07, 6.45) is 4.79. The topological polar surface area (TPSA) is 32.3 Å². The number of piperidine rings is 1. The normalized spacial score (nSPS) is 23.9. The molecule has 15 heavy (non-hydrogen) atoms. The van der Waals surface area contributed by atoms with Crippen molar-refractivity contribution in [1.82, 2.24) is 10.2 Å². The minimum atomic E-state index is 0.266. The molecule has 0 bridgehead atoms. The lowest BCUT2D eigenvalue weighted by Crippen LogP contribution is -2.49. The van der Waals surface area contributed by atoms with Crippen LogP contribution in [0, 0.1) is 5.92 Å². The molecule has 1 saturated heterocycles. The molecule has 0 saturated carbocycles. The van der Waals surface area contributed by atoms with Crippen molar-refractivity contribution in [2.24, 2.45) is 5.92 Å². The van der Waals surface area contributed by atoms with E-state index in [-0.39, 0.29) is 5.91 Å². The van der Waals surface area contributed by atoms with E-state index in [1.807, 2.05) is 7.05 Å². The summed E-state index contributed by atoms with van der Waals surface area (Å²) in [5.41, 5.74) is 0. The summed E-state index contributed by atoms with van der Waals surface area (Å²) in [6.45, 7) is 5.90. The van der Waals surface area contributed by atoms with Gasteiger partial charge in [-0.05, 0) is 32.2 Å². The van der Waals surface area contributed by atoms with E-state index in [4.69, 9.17) is 0 Å². The Morgan fingerprint density at radius 2 is 2.27 bits per heavy atom. The number of rotatable bonds is 4. The molecule has 1 N–H and O–H groups in total. The molecule has 0 aliphatic carbocycles. The van der Waals surface area contributed by atoms with Crippen LogP contribution in [0.3, 0.4) is 0 Å². The largest absolute Gasteiger partial charge is 0.338 e. The number of carbonyl (C=O) groups excluding carboxylic acids is 1. The standard InChI is InChI=1S/C12H24N2O/c1-4-10(2)11-7-5-6-8-14(11)12(15)9-13-3/h10-11,13H,4-9H2,1-3H3. The van der Waals surface area contributed by atoms with Gasteiger partial charge in [0.2, 0.25) is 5.91 Å². The molecule has 1 fully saturated rings. The Balaban J connectivity index is 2.60. The number of carbonyl (C=O) groups is 1. The van der Waals surface area contributed by atoms with Gasteiger partial charge in [-0.25, -0.2) is 0 Å². The molecule has 3 nitrogen and oxygen atoms in total. The second-order valence-electron chi connectivity index (χ2n) is 4.57. The first-order valence-corrected chi connectivity index (χ1v) is 6.14. The Morgan fingerprint density at radius 1 is 1.53 bits per heavy atom. The quantitative estimate of drug-likeness (QED) is 0.768. The van der Waals surface area contributed by atoms with Crippen LogP contribution in [-0.4, -0.2) is 37.0 Å². The van der Waals surface area contributed by atoms with Crippen molar-refractivity contribution in [1.29, 1.82) is 0 Å². The Labute approximate surface area is 93.2 Å². The molecule has 3 heteroatoms. The Bertz CT molecular complexity index is 206. The lowest BCUT2D eigenvalue weighted by atomic mass is 9.90. The highest BCUT2D eigenvalue weighted by molar-refractivity contribution is 5.78. The molecule has 0 radical (unpaired) electrons. The Kier molecular flexibility index (Phi) is 5.09. The van der Waals surface area contributed by atoms with Gasteiger partial charge in [-0.1, -0.05) is 20.3 Å². The zero-order chi connectivity index (χ0) is 11.3. The van der Waals surface area contributed by atoms with Crippen LogP contribution in [0.25, 0.3) is 0 Å². The monoisotopic (exact) mass is 212 g/mol. The van der Waals surface area contributed by atoms with Crippen molar-refractivity contribution in [3.63, 3.8) is 0 Å². The van der Waals surface area contributed by atoms with E-state index < -0.39 is 0 Å². The molecule has 1 aliphatic heterocycles. The minimum absolute atomic E-state index is 0.266. The van der Waals surface area contributed by atoms with Crippen molar-refractivity contribution in [3.8, 4) is 0 Å². The van der Waals surface area contributed by atoms with Gasteiger partial charge < -0.3 is 10.2 Å². The smallest absolute Gasteiger partial charge is 0.236 e. The van der Waals surface area contributed by atoms with E-state index in [1.54, 1.807) is 0 Å². The van der Waals surface area contributed by atoms with Gasteiger partial charge in [0.1, 0.15) is 0 Å². The summed E-state index contributed by atoms with van der Waals surface area (Å²) >= 11 is 0. The van der Waals surface area contributed by atoms with Gasteiger partial charge in [0.25, 0.3) is 0 Å². The number of likely N-dealkylation sites (tertiary alicyclic amines) is 1. The highest BCUT2D eigenvalue weighted by Gasteiger charge is 2.29. The fourth-order valence-electron chi connectivity index (χ4n) is 2.38. The van der Waals surface area contributed by atoms with Gasteiger partial charge >= 0.3 is 0 Å². The number of hydrogen-bond donors (Lipinski definition) is 1. The first-order chi connectivity index (χ1) is 7.20. The summed E-state index contributed by atoms with van der Waals surface area (Å²) in [5.74, 6) is 0.897. The van der Waals surface area contributed by atoms with Gasteiger partial charge in [0.05, 0.1) is 6.54 Å². The Hall–Kier alpha value is -0.570. The highest BCUT2D eigenvalue weighted by atomic mass is 16.2. The van der Waals surface area contributed by atoms with Crippen LogP contribution < -0.4 is 5.32 Å². The fourth-order valence-corrected chi connectivity index (χ4v) is 2.38. The van der Waals surface area contributed by atoms with Crippen LogP contribution in [0.5, 0.6) is 0 Å². The van der Waals surface area contributed by atoms with E-state index >= 15 is 0 Å². The number of likely N-dealkylation sites (N-methyl/N-ethyl adjacent to an activating group) is 1. The molecule has 0 aromatic carbocycles. The molecule has 1 rings (SSSR count). The van der Waals surface area contributed by atoms with Gasteiger partial charge in [-0.15, -0.1) is 0 Å².